The van der Waals surface area contributed by atoms with Gasteiger partial charge in [0.15, 0.2) is 6.23 Å². The first-order valence-electron chi connectivity index (χ1n) is 7.39. The van der Waals surface area contributed by atoms with Gasteiger partial charge in [-0.3, -0.25) is 4.79 Å². The Labute approximate surface area is 138 Å². The SMILES string of the molecule is CCC(Oc1cccc2c1NC(=O)CC2)N(O)C(C)(C)C.Cl. The molecule has 0 fully saturated rings. The van der Waals surface area contributed by atoms with E-state index in [0.29, 0.717) is 18.6 Å². The maximum absolute atomic E-state index is 11.6. The van der Waals surface area contributed by atoms with Gasteiger partial charge in [-0.1, -0.05) is 19.1 Å². The van der Waals surface area contributed by atoms with E-state index in [0.717, 1.165) is 17.7 Å². The fourth-order valence-corrected chi connectivity index (χ4v) is 2.36. The topological polar surface area (TPSA) is 61.8 Å². The first-order chi connectivity index (χ1) is 9.82. The van der Waals surface area contributed by atoms with Crippen molar-refractivity contribution >= 4 is 24.0 Å². The van der Waals surface area contributed by atoms with Crippen molar-refractivity contribution in [3.05, 3.63) is 23.8 Å². The van der Waals surface area contributed by atoms with Gasteiger partial charge in [0, 0.05) is 12.0 Å². The standard InChI is InChI=1S/C16H24N2O3.ClH/c1-5-14(18(20)16(2,3)4)21-12-8-6-7-11-9-10-13(19)17-15(11)12;/h6-8,14,20H,5,9-10H2,1-4H3,(H,17,19);1H. The molecule has 2 N–H and O–H groups in total. The third-order valence-corrected chi connectivity index (χ3v) is 3.57. The van der Waals surface area contributed by atoms with Crippen molar-refractivity contribution in [1.82, 2.24) is 5.06 Å². The fraction of sp³-hybridized carbons (Fsp3) is 0.562. The average Bonchev–Trinajstić information content (AvgIpc) is 2.43. The molecule has 22 heavy (non-hydrogen) atoms. The van der Waals surface area contributed by atoms with Crippen LogP contribution >= 0.6 is 12.4 Å². The van der Waals surface area contributed by atoms with E-state index in [1.165, 1.54) is 5.06 Å². The summed E-state index contributed by atoms with van der Waals surface area (Å²) in [6.07, 6.45) is 1.39. The summed E-state index contributed by atoms with van der Waals surface area (Å²) in [5.74, 6) is 0.610. The Balaban J connectivity index is 0.00000242. The molecule has 0 aromatic heterocycles. The van der Waals surface area contributed by atoms with E-state index in [1.807, 2.05) is 45.9 Å². The van der Waals surface area contributed by atoms with Crippen molar-refractivity contribution in [2.24, 2.45) is 0 Å². The minimum Gasteiger partial charge on any atom is -0.471 e. The molecule has 124 valence electrons. The van der Waals surface area contributed by atoms with Gasteiger partial charge in [-0.15, -0.1) is 17.5 Å². The number of hydrogen-bond acceptors (Lipinski definition) is 4. The molecule has 5 nitrogen and oxygen atoms in total. The summed E-state index contributed by atoms with van der Waals surface area (Å²) in [5, 5.41) is 14.4. The number of rotatable bonds is 4. The fourth-order valence-electron chi connectivity index (χ4n) is 2.36. The van der Waals surface area contributed by atoms with Crippen LogP contribution in [-0.2, 0) is 11.2 Å². The van der Waals surface area contributed by atoms with Crippen molar-refractivity contribution in [1.29, 1.82) is 0 Å². The van der Waals surface area contributed by atoms with Crippen molar-refractivity contribution in [3.8, 4) is 5.75 Å². The molecular weight excluding hydrogens is 304 g/mol. The van der Waals surface area contributed by atoms with E-state index >= 15 is 0 Å². The molecule has 1 aliphatic heterocycles. The van der Waals surface area contributed by atoms with E-state index in [2.05, 4.69) is 5.32 Å². The van der Waals surface area contributed by atoms with E-state index in [9.17, 15) is 10.0 Å². The maximum Gasteiger partial charge on any atom is 0.224 e. The highest BCUT2D eigenvalue weighted by molar-refractivity contribution is 5.95. The number of hydroxylamine groups is 2. The highest BCUT2D eigenvalue weighted by Gasteiger charge is 2.29. The minimum atomic E-state index is -0.463. The normalized spacial score (nSPS) is 15.6. The van der Waals surface area contributed by atoms with Gasteiger partial charge in [0.2, 0.25) is 5.91 Å². The molecule has 0 bridgehead atoms. The quantitative estimate of drug-likeness (QED) is 0.655. The molecule has 0 radical (unpaired) electrons. The summed E-state index contributed by atoms with van der Waals surface area (Å²) in [7, 11) is 0. The van der Waals surface area contributed by atoms with Gasteiger partial charge in [-0.2, -0.15) is 0 Å². The summed E-state index contributed by atoms with van der Waals surface area (Å²) in [6.45, 7) is 7.71. The summed E-state index contributed by atoms with van der Waals surface area (Å²) >= 11 is 0. The molecule has 0 saturated heterocycles. The van der Waals surface area contributed by atoms with Crippen LogP contribution in [0.4, 0.5) is 5.69 Å². The monoisotopic (exact) mass is 328 g/mol. The molecule has 0 saturated carbocycles. The number of fused-ring (bicyclic) bond motifs is 1. The summed E-state index contributed by atoms with van der Waals surface area (Å²) in [6, 6.07) is 5.73. The van der Waals surface area contributed by atoms with Crippen LogP contribution in [0.1, 0.15) is 46.1 Å². The van der Waals surface area contributed by atoms with Crippen molar-refractivity contribution in [2.75, 3.05) is 5.32 Å². The second kappa shape index (κ2) is 7.31. The average molecular weight is 329 g/mol. The zero-order chi connectivity index (χ0) is 15.6. The van der Waals surface area contributed by atoms with E-state index in [1.54, 1.807) is 0 Å². The van der Waals surface area contributed by atoms with Gasteiger partial charge in [-0.05, 0) is 45.2 Å². The molecule has 1 unspecified atom stereocenters. The third kappa shape index (κ3) is 4.12. The maximum atomic E-state index is 11.6. The van der Waals surface area contributed by atoms with E-state index in [-0.39, 0.29) is 18.3 Å². The lowest BCUT2D eigenvalue weighted by Gasteiger charge is -2.36. The van der Waals surface area contributed by atoms with Crippen LogP contribution in [0.15, 0.2) is 18.2 Å². The third-order valence-electron chi connectivity index (χ3n) is 3.57. The predicted octanol–water partition coefficient (Wildman–Crippen LogP) is 3.60. The van der Waals surface area contributed by atoms with Gasteiger partial charge in [0.25, 0.3) is 0 Å². The number of aryl methyl sites for hydroxylation is 1. The molecule has 1 atom stereocenters. The number of amides is 1. The Morgan fingerprint density at radius 2 is 2.05 bits per heavy atom. The lowest BCUT2D eigenvalue weighted by molar-refractivity contribution is -0.235. The number of nitrogens with one attached hydrogen (secondary N) is 1. The first kappa shape index (κ1) is 18.7. The second-order valence-corrected chi connectivity index (χ2v) is 6.33. The van der Waals surface area contributed by atoms with Gasteiger partial charge >= 0.3 is 0 Å². The number of ether oxygens (including phenoxy) is 1. The molecular formula is C16H25ClN2O3. The summed E-state index contributed by atoms with van der Waals surface area (Å²) < 4.78 is 5.96. The number of halogens is 1. The number of carbonyl (C=O) groups is 1. The molecule has 1 aliphatic rings. The Morgan fingerprint density at radius 1 is 1.36 bits per heavy atom. The lowest BCUT2D eigenvalue weighted by atomic mass is 10.0. The number of nitrogens with zero attached hydrogens (tertiary/aromatic N) is 1. The molecule has 1 amide bonds. The van der Waals surface area contributed by atoms with Crippen molar-refractivity contribution < 1.29 is 14.7 Å². The van der Waals surface area contributed by atoms with E-state index < -0.39 is 11.8 Å². The Morgan fingerprint density at radius 3 is 2.64 bits per heavy atom. The van der Waals surface area contributed by atoms with Crippen molar-refractivity contribution in [3.63, 3.8) is 0 Å². The number of benzene rings is 1. The zero-order valence-electron chi connectivity index (χ0n) is 13.5. The Kier molecular flexibility index (Phi) is 6.23. The van der Waals surface area contributed by atoms with Gasteiger partial charge in [-0.25, -0.2) is 0 Å². The van der Waals surface area contributed by atoms with Gasteiger partial charge in [0.05, 0.1) is 5.69 Å². The van der Waals surface area contributed by atoms with Crippen LogP contribution < -0.4 is 10.1 Å². The van der Waals surface area contributed by atoms with Crippen molar-refractivity contribution in [2.45, 2.75) is 58.7 Å². The Hall–Kier alpha value is -1.30. The van der Waals surface area contributed by atoms with Crippen LogP contribution in [-0.4, -0.2) is 27.9 Å². The van der Waals surface area contributed by atoms with Crippen LogP contribution in [0, 0.1) is 0 Å². The van der Waals surface area contributed by atoms with Crippen LogP contribution in [0.2, 0.25) is 0 Å². The Bertz CT molecular complexity index is 529. The van der Waals surface area contributed by atoms with E-state index in [4.69, 9.17) is 4.74 Å². The molecule has 1 heterocycles. The summed E-state index contributed by atoms with van der Waals surface area (Å²) in [5.41, 5.74) is 1.38. The van der Waals surface area contributed by atoms with Crippen LogP contribution in [0.5, 0.6) is 5.75 Å². The number of para-hydroxylation sites is 1. The second-order valence-electron chi connectivity index (χ2n) is 6.33. The molecule has 6 heteroatoms. The molecule has 0 spiro atoms. The van der Waals surface area contributed by atoms with Gasteiger partial charge in [0.1, 0.15) is 5.75 Å². The zero-order valence-corrected chi connectivity index (χ0v) is 14.4. The molecule has 1 aromatic carbocycles. The smallest absolute Gasteiger partial charge is 0.224 e. The lowest BCUT2D eigenvalue weighted by Crippen LogP contribution is -2.48. The number of carbonyl (C=O) groups excluding carboxylic acids is 1. The predicted molar refractivity (Wildman–Crippen MR) is 88.7 cm³/mol. The highest BCUT2D eigenvalue weighted by atomic mass is 35.5. The number of hydrogen-bond donors (Lipinski definition) is 2. The number of anilines is 1. The molecule has 1 aromatic rings. The largest absolute Gasteiger partial charge is 0.471 e. The first-order valence-corrected chi connectivity index (χ1v) is 7.39. The van der Waals surface area contributed by atoms with Crippen LogP contribution in [0.25, 0.3) is 0 Å². The highest BCUT2D eigenvalue weighted by Crippen LogP contribution is 2.34. The van der Waals surface area contributed by atoms with Crippen LogP contribution in [0.3, 0.4) is 0 Å². The minimum absolute atomic E-state index is 0. The molecule has 2 rings (SSSR count). The summed E-state index contributed by atoms with van der Waals surface area (Å²) in [4.78, 5) is 11.6. The van der Waals surface area contributed by atoms with Gasteiger partial charge < -0.3 is 15.3 Å². The molecule has 0 aliphatic carbocycles.